The van der Waals surface area contributed by atoms with Gasteiger partial charge in [-0.2, -0.15) is 9.97 Å². The van der Waals surface area contributed by atoms with Crippen molar-refractivity contribution in [1.82, 2.24) is 29.9 Å². The van der Waals surface area contributed by atoms with Gasteiger partial charge in [0.2, 0.25) is 11.8 Å². The van der Waals surface area contributed by atoms with Crippen LogP contribution in [0.25, 0.3) is 0 Å². The molecule has 0 bridgehead atoms. The first kappa shape index (κ1) is 17.4. The molecule has 1 fully saturated rings. The highest BCUT2D eigenvalue weighted by Crippen LogP contribution is 2.38. The van der Waals surface area contributed by atoms with Crippen LogP contribution in [-0.2, 0) is 17.7 Å². The molecular weight excluding hydrogens is 354 g/mol. The maximum Gasteiger partial charge on any atom is 0.276 e. The molecule has 12 heteroatoms. The van der Waals surface area contributed by atoms with Crippen LogP contribution in [0.15, 0.2) is 6.20 Å². The molecule has 4 heterocycles. The molecule has 1 amide bonds. The summed E-state index contributed by atoms with van der Waals surface area (Å²) in [6, 6.07) is 0. The fourth-order valence-electron chi connectivity index (χ4n) is 3.36. The van der Waals surface area contributed by atoms with Crippen LogP contribution in [0.2, 0.25) is 0 Å². The molecule has 0 aromatic carbocycles. The first-order valence-corrected chi connectivity index (χ1v) is 8.58. The predicted molar refractivity (Wildman–Crippen MR) is 93.7 cm³/mol. The van der Waals surface area contributed by atoms with Crippen molar-refractivity contribution in [1.29, 1.82) is 0 Å². The van der Waals surface area contributed by atoms with E-state index < -0.39 is 5.60 Å². The molecule has 1 spiro atoms. The molecule has 144 valence electrons. The van der Waals surface area contributed by atoms with Crippen LogP contribution in [0, 0.1) is 0 Å². The van der Waals surface area contributed by atoms with Crippen molar-refractivity contribution in [2.45, 2.75) is 18.6 Å². The number of hydrogen-bond donors (Lipinski definition) is 3. The summed E-state index contributed by atoms with van der Waals surface area (Å²) in [5.74, 6) is 0.413. The van der Waals surface area contributed by atoms with Crippen molar-refractivity contribution in [2.75, 3.05) is 44.3 Å². The average molecular weight is 375 g/mol. The lowest BCUT2D eigenvalue weighted by Gasteiger charge is -2.30. The Hall–Kier alpha value is -2.99. The standard InChI is InChI=1S/C15H21N9O3/c16-1-2-24-6-10(21-22-24)13(25)23-3-4-26-8-15(7-23)5-9-11(17)19-14(18)20-12(9)27-15/h6H,1-5,7-8,16H2,(H4,17,18,19,20)/t15-/m1/s1. The van der Waals surface area contributed by atoms with Crippen LogP contribution in [0.1, 0.15) is 16.1 Å². The van der Waals surface area contributed by atoms with Crippen LogP contribution in [-0.4, -0.2) is 74.2 Å². The monoisotopic (exact) mass is 375 g/mol. The Kier molecular flexibility index (Phi) is 4.28. The minimum atomic E-state index is -0.793. The van der Waals surface area contributed by atoms with Crippen LogP contribution >= 0.6 is 0 Å². The number of carbonyl (C=O) groups is 1. The Labute approximate surface area is 154 Å². The summed E-state index contributed by atoms with van der Waals surface area (Å²) in [7, 11) is 0. The molecule has 0 radical (unpaired) electrons. The van der Waals surface area contributed by atoms with E-state index in [0.29, 0.717) is 57.3 Å². The highest BCUT2D eigenvalue weighted by atomic mass is 16.6. The Morgan fingerprint density at radius 1 is 1.33 bits per heavy atom. The van der Waals surface area contributed by atoms with Crippen molar-refractivity contribution in [3.8, 4) is 5.88 Å². The summed E-state index contributed by atoms with van der Waals surface area (Å²) >= 11 is 0. The van der Waals surface area contributed by atoms with Gasteiger partial charge in [0, 0.05) is 19.5 Å². The molecule has 4 rings (SSSR count). The number of nitrogen functional groups attached to an aromatic ring is 2. The summed E-state index contributed by atoms with van der Waals surface area (Å²) in [6.45, 7) is 2.29. The van der Waals surface area contributed by atoms with E-state index in [-0.39, 0.29) is 23.4 Å². The van der Waals surface area contributed by atoms with E-state index in [1.807, 2.05) is 0 Å². The smallest absolute Gasteiger partial charge is 0.276 e. The molecule has 0 saturated carbocycles. The van der Waals surface area contributed by atoms with E-state index in [1.165, 1.54) is 4.68 Å². The van der Waals surface area contributed by atoms with E-state index in [2.05, 4.69) is 20.3 Å². The maximum absolute atomic E-state index is 12.9. The number of anilines is 2. The maximum atomic E-state index is 12.9. The molecule has 6 N–H and O–H groups in total. The zero-order valence-corrected chi connectivity index (χ0v) is 14.7. The molecule has 1 saturated heterocycles. The molecule has 2 aromatic rings. The highest BCUT2D eigenvalue weighted by Gasteiger charge is 2.46. The van der Waals surface area contributed by atoms with Gasteiger partial charge in [0.1, 0.15) is 5.82 Å². The molecule has 0 unspecified atom stereocenters. The van der Waals surface area contributed by atoms with Crippen LogP contribution in [0.3, 0.4) is 0 Å². The fourth-order valence-corrected chi connectivity index (χ4v) is 3.36. The summed E-state index contributed by atoms with van der Waals surface area (Å²) in [5, 5.41) is 7.86. The lowest BCUT2D eigenvalue weighted by molar-refractivity contribution is -0.00152. The van der Waals surface area contributed by atoms with Crippen LogP contribution in [0.5, 0.6) is 5.88 Å². The fraction of sp³-hybridized carbons (Fsp3) is 0.533. The van der Waals surface area contributed by atoms with Gasteiger partial charge in [-0.25, -0.2) is 0 Å². The third kappa shape index (κ3) is 3.24. The van der Waals surface area contributed by atoms with Crippen molar-refractivity contribution in [2.24, 2.45) is 5.73 Å². The zero-order chi connectivity index (χ0) is 19.0. The summed E-state index contributed by atoms with van der Waals surface area (Å²) in [4.78, 5) is 22.6. The van der Waals surface area contributed by atoms with Gasteiger partial charge in [-0.1, -0.05) is 5.21 Å². The zero-order valence-electron chi connectivity index (χ0n) is 14.7. The van der Waals surface area contributed by atoms with Crippen molar-refractivity contribution < 1.29 is 14.3 Å². The second-order valence-electron chi connectivity index (χ2n) is 6.65. The van der Waals surface area contributed by atoms with E-state index in [1.54, 1.807) is 11.1 Å². The lowest BCUT2D eigenvalue weighted by Crippen LogP contribution is -2.50. The number of ether oxygens (including phenoxy) is 2. The van der Waals surface area contributed by atoms with Gasteiger partial charge >= 0.3 is 0 Å². The van der Waals surface area contributed by atoms with Gasteiger partial charge in [0.15, 0.2) is 11.3 Å². The number of amides is 1. The third-order valence-corrected chi connectivity index (χ3v) is 4.58. The molecule has 0 aliphatic carbocycles. The van der Waals surface area contributed by atoms with Gasteiger partial charge in [0.25, 0.3) is 5.91 Å². The van der Waals surface area contributed by atoms with Crippen LogP contribution in [0.4, 0.5) is 11.8 Å². The van der Waals surface area contributed by atoms with Crippen LogP contribution < -0.4 is 21.9 Å². The van der Waals surface area contributed by atoms with Crippen molar-refractivity contribution >= 4 is 17.7 Å². The second kappa shape index (κ2) is 6.63. The number of nitrogens with zero attached hydrogens (tertiary/aromatic N) is 6. The number of nitrogens with two attached hydrogens (primary N) is 3. The normalized spacial score (nSPS) is 21.7. The van der Waals surface area contributed by atoms with E-state index >= 15 is 0 Å². The van der Waals surface area contributed by atoms with E-state index in [4.69, 9.17) is 26.7 Å². The van der Waals surface area contributed by atoms with Gasteiger partial charge in [-0.3, -0.25) is 9.48 Å². The van der Waals surface area contributed by atoms with E-state index in [0.717, 1.165) is 0 Å². The van der Waals surface area contributed by atoms with Gasteiger partial charge in [-0.05, 0) is 0 Å². The Morgan fingerprint density at radius 3 is 3.00 bits per heavy atom. The minimum absolute atomic E-state index is 0.0438. The SMILES string of the molecule is NCCn1cc(C(=O)N2CCOC[C@@]3(Cc4c(N)nc(N)nc4O3)C2)nn1. The number of fused-ring (bicyclic) bond motifs is 1. The first-order chi connectivity index (χ1) is 13.0. The average Bonchev–Trinajstić information content (AvgIpc) is 3.16. The molecule has 2 aliphatic heterocycles. The van der Waals surface area contributed by atoms with E-state index in [9.17, 15) is 4.79 Å². The quantitative estimate of drug-likeness (QED) is 0.546. The van der Waals surface area contributed by atoms with Gasteiger partial charge in [0.05, 0.1) is 38.1 Å². The molecule has 27 heavy (non-hydrogen) atoms. The first-order valence-electron chi connectivity index (χ1n) is 8.58. The number of carbonyl (C=O) groups excluding carboxylic acids is 1. The largest absolute Gasteiger partial charge is 0.466 e. The molecule has 2 aliphatic rings. The number of rotatable bonds is 3. The molecule has 1 atom stereocenters. The number of aromatic nitrogens is 5. The molecular formula is C15H21N9O3. The second-order valence-corrected chi connectivity index (χ2v) is 6.65. The third-order valence-electron chi connectivity index (χ3n) is 4.58. The van der Waals surface area contributed by atoms with Gasteiger partial charge in [-0.15, -0.1) is 5.10 Å². The lowest BCUT2D eigenvalue weighted by atomic mass is 9.98. The minimum Gasteiger partial charge on any atom is -0.466 e. The summed E-state index contributed by atoms with van der Waals surface area (Å²) in [6.07, 6.45) is 2.01. The highest BCUT2D eigenvalue weighted by molar-refractivity contribution is 5.92. The van der Waals surface area contributed by atoms with Crippen molar-refractivity contribution in [3.05, 3.63) is 17.5 Å². The summed E-state index contributed by atoms with van der Waals surface area (Å²) < 4.78 is 13.3. The topological polar surface area (TPSA) is 173 Å². The molecule has 2 aromatic heterocycles. The number of hydrogen-bond acceptors (Lipinski definition) is 10. The van der Waals surface area contributed by atoms with Gasteiger partial charge < -0.3 is 31.6 Å². The Bertz CT molecular complexity index is 870. The Balaban J connectivity index is 1.56. The molecule has 12 nitrogen and oxygen atoms in total. The predicted octanol–water partition coefficient (Wildman–Crippen LogP) is -1.96. The Morgan fingerprint density at radius 2 is 2.19 bits per heavy atom. The summed E-state index contributed by atoms with van der Waals surface area (Å²) in [5.41, 5.74) is 17.2. The van der Waals surface area contributed by atoms with Crippen molar-refractivity contribution in [3.63, 3.8) is 0 Å².